The van der Waals surface area contributed by atoms with Crippen molar-refractivity contribution in [2.24, 2.45) is 17.8 Å². The molecule has 13 nitrogen and oxygen atoms in total. The number of aliphatic carboxylic acids is 1. The molecule has 0 aliphatic carbocycles. The van der Waals surface area contributed by atoms with Crippen LogP contribution in [0.2, 0.25) is 0 Å². The summed E-state index contributed by atoms with van der Waals surface area (Å²) in [5.74, 6) is -5.05. The van der Waals surface area contributed by atoms with Gasteiger partial charge in [0.1, 0.15) is 18.1 Å². The molecule has 5 unspecified atom stereocenters. The third kappa shape index (κ3) is 8.15. The lowest BCUT2D eigenvalue weighted by Gasteiger charge is -2.38. The van der Waals surface area contributed by atoms with Gasteiger partial charge in [0.25, 0.3) is 11.8 Å². The fourth-order valence-electron chi connectivity index (χ4n) is 5.70. The number of β-amino-alcohol motifs (C(OH)–C–C–N with tert-alkyl or cyclic N) is 1. The molecule has 42 heavy (non-hydrogen) atoms. The second-order valence-electron chi connectivity index (χ2n) is 12.2. The summed E-state index contributed by atoms with van der Waals surface area (Å²) in [6, 6.07) is -4.56. The van der Waals surface area contributed by atoms with Gasteiger partial charge in [-0.05, 0) is 38.1 Å². The number of rotatable bonds is 13. The van der Waals surface area contributed by atoms with Gasteiger partial charge in [0.2, 0.25) is 17.7 Å². The number of carboxylic acids is 1. The Balaban J connectivity index is 2.37. The van der Waals surface area contributed by atoms with Crippen molar-refractivity contribution in [2.75, 3.05) is 20.6 Å². The maximum atomic E-state index is 14.0. The van der Waals surface area contributed by atoms with Gasteiger partial charge >= 0.3 is 5.97 Å². The van der Waals surface area contributed by atoms with E-state index in [9.17, 15) is 39.0 Å². The number of imide groups is 1. The summed E-state index contributed by atoms with van der Waals surface area (Å²) in [7, 11) is 3.03. The molecule has 4 N–H and O–H groups in total. The van der Waals surface area contributed by atoms with Crippen LogP contribution >= 0.6 is 0 Å². The normalized spacial score (nSPS) is 23.2. The first-order valence-electron chi connectivity index (χ1n) is 14.5. The molecule has 2 heterocycles. The number of nitrogens with one attached hydrogen (secondary N) is 2. The van der Waals surface area contributed by atoms with Gasteiger partial charge in [0.05, 0.1) is 24.6 Å². The third-order valence-electron chi connectivity index (χ3n) is 7.90. The van der Waals surface area contributed by atoms with Crippen LogP contribution in [0, 0.1) is 17.8 Å². The van der Waals surface area contributed by atoms with Gasteiger partial charge in [-0.2, -0.15) is 0 Å². The van der Waals surface area contributed by atoms with E-state index in [2.05, 4.69) is 10.6 Å². The van der Waals surface area contributed by atoms with E-state index in [1.54, 1.807) is 40.8 Å². The highest BCUT2D eigenvalue weighted by atomic mass is 16.4. The molecule has 0 spiro atoms. The van der Waals surface area contributed by atoms with Crippen LogP contribution in [0.15, 0.2) is 12.2 Å². The van der Waals surface area contributed by atoms with E-state index < -0.39 is 90.1 Å². The number of likely N-dealkylation sites (tertiary alicyclic amines) is 1. The number of hydrogen-bond donors (Lipinski definition) is 4. The summed E-state index contributed by atoms with van der Waals surface area (Å²) in [6.45, 7) is 10.4. The minimum absolute atomic E-state index is 0.0564. The van der Waals surface area contributed by atoms with Crippen molar-refractivity contribution in [3.8, 4) is 0 Å². The molecule has 5 amide bonds. The first-order valence-corrected chi connectivity index (χ1v) is 14.5. The van der Waals surface area contributed by atoms with Gasteiger partial charge < -0.3 is 30.6 Å². The zero-order valence-electron chi connectivity index (χ0n) is 25.9. The lowest BCUT2D eigenvalue weighted by molar-refractivity contribution is -0.154. The number of amides is 5. The molecule has 0 saturated carbocycles. The Bertz CT molecular complexity index is 1080. The van der Waals surface area contributed by atoms with Gasteiger partial charge in [-0.25, -0.2) is 0 Å². The van der Waals surface area contributed by atoms with Gasteiger partial charge in [0.15, 0.2) is 0 Å². The van der Waals surface area contributed by atoms with E-state index in [1.165, 1.54) is 22.9 Å². The Hall–Kier alpha value is -3.32. The summed E-state index contributed by atoms with van der Waals surface area (Å²) < 4.78 is 0. The van der Waals surface area contributed by atoms with Crippen molar-refractivity contribution >= 4 is 35.5 Å². The van der Waals surface area contributed by atoms with E-state index in [4.69, 9.17) is 0 Å². The second-order valence-corrected chi connectivity index (χ2v) is 12.2. The van der Waals surface area contributed by atoms with Gasteiger partial charge in [0, 0.05) is 26.1 Å². The maximum absolute atomic E-state index is 14.0. The topological polar surface area (TPSA) is 177 Å². The molecule has 236 valence electrons. The predicted octanol–water partition coefficient (Wildman–Crippen LogP) is -0.0256. The highest BCUT2D eigenvalue weighted by Crippen LogP contribution is 2.27. The zero-order chi connectivity index (χ0) is 32.0. The monoisotopic (exact) mass is 593 g/mol. The Morgan fingerprint density at radius 1 is 1.12 bits per heavy atom. The highest BCUT2D eigenvalue weighted by molar-refractivity contribution is 6.06. The molecule has 2 aliphatic heterocycles. The number of carbonyl (C=O) groups is 6. The standard InChI is InChI=1S/C29H47N5O8/c1-15(2)11-20(30-7)26(39)31-24(17(5)12-23(37)38)28(41)32(8)25(16(3)4)29(42)33-14-19(35)13-21(33)27(40)34-18(6)9-10-22(34)36/h9-10,15-21,24-25,30,35H,11-14H2,1-8H3,(H,31,39)(H,37,38)/t17?,18?,19-,20?,21-,24?,25?/m0/s1. The van der Waals surface area contributed by atoms with Crippen molar-refractivity contribution in [1.29, 1.82) is 0 Å². The average molecular weight is 594 g/mol. The Morgan fingerprint density at radius 3 is 2.21 bits per heavy atom. The van der Waals surface area contributed by atoms with E-state index in [-0.39, 0.29) is 18.9 Å². The van der Waals surface area contributed by atoms with E-state index in [1.807, 2.05) is 13.8 Å². The van der Waals surface area contributed by atoms with Crippen LogP contribution in [0.4, 0.5) is 0 Å². The molecule has 2 aliphatic rings. The molecular formula is C29H47N5O8. The lowest BCUT2D eigenvalue weighted by atomic mass is 9.93. The van der Waals surface area contributed by atoms with Crippen molar-refractivity contribution in [1.82, 2.24) is 25.3 Å². The predicted molar refractivity (Wildman–Crippen MR) is 154 cm³/mol. The molecule has 0 radical (unpaired) electrons. The summed E-state index contributed by atoms with van der Waals surface area (Å²) in [5, 5.41) is 25.5. The largest absolute Gasteiger partial charge is 0.481 e. The Kier molecular flexibility index (Phi) is 12.2. The van der Waals surface area contributed by atoms with Gasteiger partial charge in [-0.3, -0.25) is 33.7 Å². The van der Waals surface area contributed by atoms with E-state index in [0.29, 0.717) is 6.42 Å². The van der Waals surface area contributed by atoms with E-state index >= 15 is 0 Å². The van der Waals surface area contributed by atoms with E-state index in [0.717, 1.165) is 4.90 Å². The number of carbonyl (C=O) groups excluding carboxylic acids is 5. The molecule has 1 saturated heterocycles. The van der Waals surface area contributed by atoms with Crippen molar-refractivity contribution in [3.63, 3.8) is 0 Å². The van der Waals surface area contributed by atoms with Crippen molar-refractivity contribution in [2.45, 2.75) is 97.1 Å². The fourth-order valence-corrected chi connectivity index (χ4v) is 5.70. The Morgan fingerprint density at radius 2 is 1.74 bits per heavy atom. The molecule has 7 atom stereocenters. The minimum Gasteiger partial charge on any atom is -0.481 e. The molecular weight excluding hydrogens is 546 g/mol. The molecule has 0 aromatic carbocycles. The van der Waals surface area contributed by atoms with Crippen LogP contribution in [0.1, 0.15) is 60.8 Å². The third-order valence-corrected chi connectivity index (χ3v) is 7.90. The number of carboxylic acid groups (broad SMARTS) is 1. The van der Waals surface area contributed by atoms with Crippen LogP contribution < -0.4 is 10.6 Å². The number of likely N-dealkylation sites (N-methyl/N-ethyl adjacent to an activating group) is 2. The van der Waals surface area contributed by atoms with Gasteiger partial charge in [-0.15, -0.1) is 0 Å². The second kappa shape index (κ2) is 14.7. The number of aliphatic hydroxyl groups excluding tert-OH is 1. The summed E-state index contributed by atoms with van der Waals surface area (Å²) in [5.41, 5.74) is 0. The van der Waals surface area contributed by atoms with Crippen LogP contribution in [0.3, 0.4) is 0 Å². The fraction of sp³-hybridized carbons (Fsp3) is 0.724. The van der Waals surface area contributed by atoms with Crippen molar-refractivity contribution < 1.29 is 39.0 Å². The molecule has 2 rings (SSSR count). The number of nitrogens with zero attached hydrogens (tertiary/aromatic N) is 3. The molecule has 13 heteroatoms. The van der Waals surface area contributed by atoms with Gasteiger partial charge in [-0.1, -0.05) is 40.7 Å². The number of hydrogen-bond acceptors (Lipinski definition) is 8. The molecule has 1 fully saturated rings. The molecule has 0 aromatic heterocycles. The first kappa shape index (κ1) is 34.9. The van der Waals surface area contributed by atoms with Crippen LogP contribution in [-0.4, -0.2) is 117 Å². The van der Waals surface area contributed by atoms with Crippen LogP contribution in [0.25, 0.3) is 0 Å². The van der Waals surface area contributed by atoms with Crippen LogP contribution in [-0.2, 0) is 28.8 Å². The van der Waals surface area contributed by atoms with Crippen LogP contribution in [0.5, 0.6) is 0 Å². The Labute approximate surface area is 247 Å². The summed E-state index contributed by atoms with van der Waals surface area (Å²) >= 11 is 0. The molecule has 0 bridgehead atoms. The van der Waals surface area contributed by atoms with Crippen molar-refractivity contribution in [3.05, 3.63) is 12.2 Å². The zero-order valence-corrected chi connectivity index (χ0v) is 25.9. The SMILES string of the molecule is CNC(CC(C)C)C(=O)NC(C(=O)N(C)C(C(=O)N1C[C@@H](O)C[C@H]1C(=O)N1C(=O)C=CC1C)C(C)C)C(C)CC(=O)O. The summed E-state index contributed by atoms with van der Waals surface area (Å²) in [4.78, 5) is 81.8. The molecule has 0 aromatic rings. The number of aliphatic hydroxyl groups is 1. The smallest absolute Gasteiger partial charge is 0.303 e. The highest BCUT2D eigenvalue weighted by Gasteiger charge is 2.47. The average Bonchev–Trinajstić information content (AvgIpc) is 3.45. The first-order chi connectivity index (χ1) is 19.5. The summed E-state index contributed by atoms with van der Waals surface area (Å²) in [6.07, 6.45) is 1.90. The minimum atomic E-state index is -1.24. The lowest BCUT2D eigenvalue weighted by Crippen LogP contribution is -2.61. The quantitative estimate of drug-likeness (QED) is 0.214. The maximum Gasteiger partial charge on any atom is 0.303 e.